The predicted octanol–water partition coefficient (Wildman–Crippen LogP) is 2.08. The Balaban J connectivity index is 2.04. The second-order valence-electron chi connectivity index (χ2n) is 6.19. The van der Waals surface area contributed by atoms with Gasteiger partial charge in [-0.1, -0.05) is 42.5 Å². The number of methoxy groups -OCH3 is 1. The molecule has 0 aliphatic heterocycles. The van der Waals surface area contributed by atoms with Crippen LogP contribution in [-0.4, -0.2) is 49.2 Å². The van der Waals surface area contributed by atoms with Gasteiger partial charge in [-0.15, -0.1) is 0 Å². The first-order valence-electron chi connectivity index (χ1n) is 8.96. The molecule has 0 heterocycles. The summed E-state index contributed by atoms with van der Waals surface area (Å²) in [5.74, 6) is -1.90. The highest BCUT2D eigenvalue weighted by molar-refractivity contribution is 5.98. The number of rotatable bonds is 10. The van der Waals surface area contributed by atoms with Gasteiger partial charge in [0.2, 0.25) is 5.91 Å². The molecule has 0 aliphatic rings. The first-order chi connectivity index (χ1) is 13.5. The van der Waals surface area contributed by atoms with Gasteiger partial charge >= 0.3 is 5.97 Å². The van der Waals surface area contributed by atoms with Crippen molar-refractivity contribution in [3.63, 3.8) is 0 Å². The van der Waals surface area contributed by atoms with E-state index in [2.05, 4.69) is 10.6 Å². The van der Waals surface area contributed by atoms with E-state index < -0.39 is 23.8 Å². The van der Waals surface area contributed by atoms with Gasteiger partial charge in [0.15, 0.2) is 0 Å². The van der Waals surface area contributed by atoms with Crippen LogP contribution >= 0.6 is 0 Å². The van der Waals surface area contributed by atoms with Crippen LogP contribution in [0.1, 0.15) is 23.2 Å². The molecule has 0 spiro atoms. The molecule has 7 nitrogen and oxygen atoms in total. The quantitative estimate of drug-likeness (QED) is 0.544. The third kappa shape index (κ3) is 6.51. The normalized spacial score (nSPS) is 11.5. The highest BCUT2D eigenvalue weighted by Gasteiger charge is 2.22. The highest BCUT2D eigenvalue weighted by Crippen LogP contribution is 2.19. The molecule has 2 aromatic rings. The van der Waals surface area contributed by atoms with Gasteiger partial charge in [-0.3, -0.25) is 14.4 Å². The van der Waals surface area contributed by atoms with Crippen LogP contribution in [0.2, 0.25) is 0 Å². The van der Waals surface area contributed by atoms with Crippen LogP contribution in [-0.2, 0) is 14.3 Å². The number of carbonyl (C=O) groups is 3. The second kappa shape index (κ2) is 10.8. The molecular formula is C21H24N2O5. The Labute approximate surface area is 163 Å². The Kier molecular flexibility index (Phi) is 8.17. The van der Waals surface area contributed by atoms with Gasteiger partial charge in [0, 0.05) is 25.6 Å². The average Bonchev–Trinajstić information content (AvgIpc) is 2.71. The molecule has 0 unspecified atom stereocenters. The molecule has 2 rings (SSSR count). The Hall–Kier alpha value is -3.19. The predicted molar refractivity (Wildman–Crippen MR) is 105 cm³/mol. The average molecular weight is 384 g/mol. The molecule has 0 saturated heterocycles. The lowest BCUT2D eigenvalue weighted by molar-refractivity contribution is -0.137. The monoisotopic (exact) mass is 384 g/mol. The lowest BCUT2D eigenvalue weighted by Crippen LogP contribution is -2.47. The number of hydrogen-bond donors (Lipinski definition) is 3. The maximum atomic E-state index is 12.5. The van der Waals surface area contributed by atoms with Gasteiger partial charge < -0.3 is 20.5 Å². The largest absolute Gasteiger partial charge is 0.481 e. The van der Waals surface area contributed by atoms with Crippen molar-refractivity contribution < 1.29 is 24.2 Å². The van der Waals surface area contributed by atoms with E-state index in [9.17, 15) is 14.4 Å². The van der Waals surface area contributed by atoms with Gasteiger partial charge in [-0.25, -0.2) is 0 Å². The number of aliphatic carboxylic acids is 1. The first kappa shape index (κ1) is 21.1. The number of ether oxygens (including phenoxy) is 1. The second-order valence-corrected chi connectivity index (χ2v) is 6.19. The van der Waals surface area contributed by atoms with Crippen molar-refractivity contribution in [1.82, 2.24) is 10.6 Å². The number of hydrogen-bond acceptors (Lipinski definition) is 4. The molecule has 0 aliphatic carbocycles. The number of nitrogens with one attached hydrogen (secondary N) is 2. The molecule has 148 valence electrons. The maximum Gasteiger partial charge on any atom is 0.303 e. The van der Waals surface area contributed by atoms with Crippen molar-refractivity contribution >= 4 is 17.8 Å². The third-order valence-electron chi connectivity index (χ3n) is 4.13. The molecule has 0 saturated carbocycles. The minimum atomic E-state index is -1.03. The van der Waals surface area contributed by atoms with E-state index in [1.165, 1.54) is 7.11 Å². The van der Waals surface area contributed by atoms with Crippen molar-refractivity contribution in [2.45, 2.75) is 18.9 Å². The minimum Gasteiger partial charge on any atom is -0.481 e. The molecule has 1 atom stereocenters. The van der Waals surface area contributed by atoms with Crippen LogP contribution in [0, 0.1) is 0 Å². The van der Waals surface area contributed by atoms with E-state index in [0.29, 0.717) is 12.2 Å². The maximum absolute atomic E-state index is 12.5. The third-order valence-corrected chi connectivity index (χ3v) is 4.13. The fourth-order valence-corrected chi connectivity index (χ4v) is 2.62. The van der Waals surface area contributed by atoms with E-state index >= 15 is 0 Å². The van der Waals surface area contributed by atoms with Crippen molar-refractivity contribution in [1.29, 1.82) is 0 Å². The standard InChI is InChI=1S/C21H24N2O5/c1-28-14-13-22-21(27)18(11-12-19(24)25)23-20(26)17-9-7-16(8-10-17)15-5-3-2-4-6-15/h2-10,18H,11-14H2,1H3,(H,22,27)(H,23,26)(H,24,25)/t18-/m0/s1. The summed E-state index contributed by atoms with van der Waals surface area (Å²) in [6.07, 6.45) is -0.225. The van der Waals surface area contributed by atoms with Crippen LogP contribution in [0.5, 0.6) is 0 Å². The fourth-order valence-electron chi connectivity index (χ4n) is 2.62. The van der Waals surface area contributed by atoms with Crippen molar-refractivity contribution in [3.8, 4) is 11.1 Å². The van der Waals surface area contributed by atoms with Crippen molar-refractivity contribution in [2.24, 2.45) is 0 Å². The van der Waals surface area contributed by atoms with E-state index in [0.717, 1.165) is 11.1 Å². The molecular weight excluding hydrogens is 360 g/mol. The van der Waals surface area contributed by atoms with Crippen LogP contribution in [0.4, 0.5) is 0 Å². The summed E-state index contributed by atoms with van der Waals surface area (Å²) in [6.45, 7) is 0.604. The van der Waals surface area contributed by atoms with Crippen LogP contribution in [0.25, 0.3) is 11.1 Å². The van der Waals surface area contributed by atoms with E-state index in [4.69, 9.17) is 9.84 Å². The Morgan fingerprint density at radius 2 is 1.64 bits per heavy atom. The molecule has 2 aromatic carbocycles. The van der Waals surface area contributed by atoms with Crippen LogP contribution in [0.3, 0.4) is 0 Å². The molecule has 0 bridgehead atoms. The van der Waals surface area contributed by atoms with Gasteiger partial charge in [-0.2, -0.15) is 0 Å². The molecule has 3 N–H and O–H groups in total. The Bertz CT molecular complexity index is 790. The summed E-state index contributed by atoms with van der Waals surface area (Å²) in [6, 6.07) is 15.8. The van der Waals surface area contributed by atoms with Gasteiger partial charge in [0.05, 0.1) is 6.61 Å². The van der Waals surface area contributed by atoms with Crippen molar-refractivity contribution in [2.75, 3.05) is 20.3 Å². The lowest BCUT2D eigenvalue weighted by atomic mass is 10.0. The molecule has 0 radical (unpaired) electrons. The van der Waals surface area contributed by atoms with Gasteiger partial charge in [0.25, 0.3) is 5.91 Å². The van der Waals surface area contributed by atoms with E-state index in [1.807, 2.05) is 42.5 Å². The van der Waals surface area contributed by atoms with Crippen molar-refractivity contribution in [3.05, 3.63) is 60.2 Å². The number of benzene rings is 2. The summed E-state index contributed by atoms with van der Waals surface area (Å²) < 4.78 is 4.87. The van der Waals surface area contributed by atoms with E-state index in [-0.39, 0.29) is 19.4 Å². The number of carboxylic acids is 1. The fraction of sp³-hybridized carbons (Fsp3) is 0.286. The van der Waals surface area contributed by atoms with Gasteiger partial charge in [0.1, 0.15) is 6.04 Å². The zero-order chi connectivity index (χ0) is 20.4. The zero-order valence-corrected chi connectivity index (χ0v) is 15.7. The number of amides is 2. The molecule has 7 heteroatoms. The summed E-state index contributed by atoms with van der Waals surface area (Å²) in [7, 11) is 1.51. The summed E-state index contributed by atoms with van der Waals surface area (Å²) in [4.78, 5) is 35.6. The molecule has 0 aromatic heterocycles. The Morgan fingerprint density at radius 3 is 2.25 bits per heavy atom. The molecule has 0 fully saturated rings. The number of carbonyl (C=O) groups excluding carboxylic acids is 2. The smallest absolute Gasteiger partial charge is 0.303 e. The first-order valence-corrected chi connectivity index (χ1v) is 8.96. The topological polar surface area (TPSA) is 105 Å². The minimum absolute atomic E-state index is 0.00197. The lowest BCUT2D eigenvalue weighted by Gasteiger charge is -2.18. The highest BCUT2D eigenvalue weighted by atomic mass is 16.5. The molecule has 2 amide bonds. The van der Waals surface area contributed by atoms with Crippen LogP contribution in [0.15, 0.2) is 54.6 Å². The number of carboxylic acid groups (broad SMARTS) is 1. The van der Waals surface area contributed by atoms with Gasteiger partial charge in [-0.05, 0) is 29.7 Å². The van der Waals surface area contributed by atoms with Crippen LogP contribution < -0.4 is 10.6 Å². The zero-order valence-electron chi connectivity index (χ0n) is 15.7. The summed E-state index contributed by atoms with van der Waals surface area (Å²) in [5, 5.41) is 14.1. The van der Waals surface area contributed by atoms with E-state index in [1.54, 1.807) is 12.1 Å². The molecule has 28 heavy (non-hydrogen) atoms. The summed E-state index contributed by atoms with van der Waals surface area (Å²) in [5.41, 5.74) is 2.40. The summed E-state index contributed by atoms with van der Waals surface area (Å²) >= 11 is 0. The SMILES string of the molecule is COCCNC(=O)[C@H](CCC(=O)O)NC(=O)c1ccc(-c2ccccc2)cc1. The Morgan fingerprint density at radius 1 is 1.00 bits per heavy atom.